The topological polar surface area (TPSA) is 67.6 Å². The van der Waals surface area contributed by atoms with Crippen LogP contribution in [-0.2, 0) is 12.8 Å². The number of pyridine rings is 1. The first-order valence-corrected chi connectivity index (χ1v) is 11.1. The second kappa shape index (κ2) is 9.79. The Bertz CT molecular complexity index is 1130. The second-order valence-electron chi connectivity index (χ2n) is 8.46. The highest BCUT2D eigenvalue weighted by atomic mass is 19.4. The van der Waals surface area contributed by atoms with Crippen LogP contribution in [0.5, 0.6) is 5.75 Å². The summed E-state index contributed by atoms with van der Waals surface area (Å²) in [7, 11) is 0. The number of aromatic nitrogens is 1. The molecule has 0 atom stereocenters. The van der Waals surface area contributed by atoms with E-state index in [0.717, 1.165) is 29.1 Å². The van der Waals surface area contributed by atoms with E-state index in [2.05, 4.69) is 10.3 Å². The lowest BCUT2D eigenvalue weighted by Crippen LogP contribution is -2.44. The molecule has 0 bridgehead atoms. The maximum Gasteiger partial charge on any atom is 0.417 e. The Morgan fingerprint density at radius 1 is 1.15 bits per heavy atom. The minimum absolute atomic E-state index is 0.0572. The van der Waals surface area contributed by atoms with Crippen LogP contribution in [-0.4, -0.2) is 30.0 Å². The summed E-state index contributed by atoms with van der Waals surface area (Å²) in [5.74, 6) is 1.72. The normalized spacial score (nSPS) is 14.8. The minimum atomic E-state index is -4.40. The zero-order chi connectivity index (χ0) is 24.3. The number of furan rings is 1. The number of amides is 1. The van der Waals surface area contributed by atoms with Crippen molar-refractivity contribution in [3.8, 4) is 5.75 Å². The lowest BCUT2D eigenvalue weighted by atomic mass is 10.0. The summed E-state index contributed by atoms with van der Waals surface area (Å²) in [5, 5.41) is 2.97. The van der Waals surface area contributed by atoms with Crippen LogP contribution in [0.3, 0.4) is 0 Å². The van der Waals surface area contributed by atoms with Crippen LogP contribution >= 0.6 is 0 Å². The summed E-state index contributed by atoms with van der Waals surface area (Å²) in [6.07, 6.45) is -2.25. The Labute approximate surface area is 195 Å². The molecule has 4 rings (SSSR count). The van der Waals surface area contributed by atoms with E-state index in [0.29, 0.717) is 37.5 Å². The van der Waals surface area contributed by atoms with Crippen molar-refractivity contribution in [3.05, 3.63) is 76.9 Å². The van der Waals surface area contributed by atoms with Crippen LogP contribution in [0.2, 0.25) is 0 Å². The number of hydrogen-bond acceptors (Lipinski definition) is 5. The smallest absolute Gasteiger partial charge is 0.417 e. The van der Waals surface area contributed by atoms with Gasteiger partial charge < -0.3 is 19.4 Å². The van der Waals surface area contributed by atoms with E-state index >= 15 is 0 Å². The number of nitrogens with zero attached hydrogens (tertiary/aromatic N) is 2. The molecule has 0 aliphatic carbocycles. The predicted molar refractivity (Wildman–Crippen MR) is 121 cm³/mol. The third kappa shape index (κ3) is 5.70. The van der Waals surface area contributed by atoms with Crippen molar-refractivity contribution in [1.29, 1.82) is 0 Å². The molecule has 0 saturated carbocycles. The van der Waals surface area contributed by atoms with Crippen molar-refractivity contribution in [2.45, 2.75) is 45.5 Å². The van der Waals surface area contributed by atoms with Gasteiger partial charge in [0.05, 0.1) is 5.56 Å². The van der Waals surface area contributed by atoms with Gasteiger partial charge in [0.25, 0.3) is 5.91 Å². The summed E-state index contributed by atoms with van der Waals surface area (Å²) >= 11 is 0. The molecule has 1 aliphatic rings. The van der Waals surface area contributed by atoms with E-state index in [1.807, 2.05) is 36.9 Å². The Hall–Kier alpha value is -3.49. The zero-order valence-corrected chi connectivity index (χ0v) is 19.0. The predicted octanol–water partition coefficient (Wildman–Crippen LogP) is 5.29. The molecule has 1 aromatic carbocycles. The fourth-order valence-corrected chi connectivity index (χ4v) is 3.94. The fraction of sp³-hybridized carbons (Fsp3) is 0.360. The lowest BCUT2D eigenvalue weighted by molar-refractivity contribution is -0.137. The molecule has 34 heavy (non-hydrogen) atoms. The van der Waals surface area contributed by atoms with E-state index in [9.17, 15) is 18.0 Å². The van der Waals surface area contributed by atoms with Crippen LogP contribution < -0.4 is 15.0 Å². The molecule has 0 unspecified atom stereocenters. The summed E-state index contributed by atoms with van der Waals surface area (Å²) < 4.78 is 49.6. The molecule has 180 valence electrons. The lowest BCUT2D eigenvalue weighted by Gasteiger charge is -2.33. The van der Waals surface area contributed by atoms with Gasteiger partial charge in [-0.3, -0.25) is 4.79 Å². The number of aryl methyl sites for hydroxylation is 2. The van der Waals surface area contributed by atoms with E-state index in [4.69, 9.17) is 9.15 Å². The molecule has 1 N–H and O–H groups in total. The van der Waals surface area contributed by atoms with Crippen LogP contribution in [0.1, 0.15) is 45.8 Å². The van der Waals surface area contributed by atoms with Crippen molar-refractivity contribution in [1.82, 2.24) is 10.3 Å². The average molecular weight is 473 g/mol. The molecule has 3 heterocycles. The number of benzene rings is 1. The first kappa shape index (κ1) is 23.7. The zero-order valence-electron chi connectivity index (χ0n) is 19.0. The number of carbonyl (C=O) groups excluding carboxylic acids is 1. The van der Waals surface area contributed by atoms with Crippen LogP contribution in [0.4, 0.5) is 19.0 Å². The average Bonchev–Trinajstić information content (AvgIpc) is 3.28. The van der Waals surface area contributed by atoms with Crippen LogP contribution in [0.25, 0.3) is 0 Å². The van der Waals surface area contributed by atoms with Crippen molar-refractivity contribution < 1.29 is 27.1 Å². The number of anilines is 1. The number of rotatable bonds is 6. The van der Waals surface area contributed by atoms with E-state index in [1.165, 1.54) is 6.07 Å². The molecular weight excluding hydrogens is 447 g/mol. The summed E-state index contributed by atoms with van der Waals surface area (Å²) in [4.78, 5) is 18.5. The molecular formula is C25H26F3N3O3. The molecule has 3 aromatic rings. The monoisotopic (exact) mass is 473 g/mol. The minimum Gasteiger partial charge on any atom is -0.485 e. The molecule has 2 aromatic heterocycles. The van der Waals surface area contributed by atoms with Crippen molar-refractivity contribution in [2.75, 3.05) is 18.0 Å². The molecule has 9 heteroatoms. The highest BCUT2D eigenvalue weighted by molar-refractivity contribution is 5.91. The number of ether oxygens (including phenoxy) is 1. The Kier molecular flexibility index (Phi) is 6.81. The Balaban J connectivity index is 1.26. The molecule has 6 nitrogen and oxygen atoms in total. The highest BCUT2D eigenvalue weighted by Gasteiger charge is 2.31. The standard InChI is InChI=1S/C25H26F3N3O3/c1-16-3-6-21(17(2)13-16)33-15-20-5-7-22(34-20)24(32)30-19-9-11-31(12-10-19)23-8-4-18(14-29-23)25(26,27)28/h3-8,13-14,19H,9-12,15H2,1-2H3,(H,30,32). The van der Waals surface area contributed by atoms with Gasteiger partial charge in [-0.05, 0) is 62.6 Å². The first-order valence-electron chi connectivity index (χ1n) is 11.1. The SMILES string of the molecule is Cc1ccc(OCc2ccc(C(=O)NC3CCN(c4ccc(C(F)(F)F)cn4)CC3)o2)c(C)c1. The molecule has 0 spiro atoms. The van der Waals surface area contributed by atoms with Gasteiger partial charge in [0.15, 0.2) is 5.76 Å². The summed E-state index contributed by atoms with van der Waals surface area (Å²) in [5.41, 5.74) is 1.42. The fourth-order valence-electron chi connectivity index (χ4n) is 3.94. The van der Waals surface area contributed by atoms with Gasteiger partial charge in [0, 0.05) is 25.3 Å². The first-order chi connectivity index (χ1) is 16.2. The maximum absolute atomic E-state index is 12.7. The molecule has 0 radical (unpaired) electrons. The van der Waals surface area contributed by atoms with Crippen LogP contribution in [0.15, 0.2) is 53.1 Å². The van der Waals surface area contributed by atoms with Gasteiger partial charge in [-0.1, -0.05) is 17.7 Å². The summed E-state index contributed by atoms with van der Waals surface area (Å²) in [6, 6.07) is 11.6. The van der Waals surface area contributed by atoms with Gasteiger partial charge in [-0.2, -0.15) is 13.2 Å². The molecule has 1 amide bonds. The van der Waals surface area contributed by atoms with E-state index in [-0.39, 0.29) is 24.3 Å². The number of carbonyl (C=O) groups is 1. The number of hydrogen-bond donors (Lipinski definition) is 1. The quantitative estimate of drug-likeness (QED) is 0.527. The highest BCUT2D eigenvalue weighted by Crippen LogP contribution is 2.30. The number of nitrogens with one attached hydrogen (secondary N) is 1. The third-order valence-corrected chi connectivity index (χ3v) is 5.82. The largest absolute Gasteiger partial charge is 0.485 e. The van der Waals surface area contributed by atoms with E-state index in [1.54, 1.807) is 12.1 Å². The van der Waals surface area contributed by atoms with E-state index < -0.39 is 11.7 Å². The Morgan fingerprint density at radius 2 is 1.91 bits per heavy atom. The van der Waals surface area contributed by atoms with Crippen molar-refractivity contribution >= 4 is 11.7 Å². The molecule has 1 saturated heterocycles. The third-order valence-electron chi connectivity index (χ3n) is 5.82. The van der Waals surface area contributed by atoms with Crippen molar-refractivity contribution in [2.24, 2.45) is 0 Å². The number of piperidine rings is 1. The van der Waals surface area contributed by atoms with Gasteiger partial charge in [0.1, 0.15) is 23.9 Å². The summed E-state index contributed by atoms with van der Waals surface area (Å²) in [6.45, 7) is 5.37. The van der Waals surface area contributed by atoms with Crippen molar-refractivity contribution in [3.63, 3.8) is 0 Å². The molecule has 1 aliphatic heterocycles. The Morgan fingerprint density at radius 3 is 2.56 bits per heavy atom. The second-order valence-corrected chi connectivity index (χ2v) is 8.46. The number of alkyl halides is 3. The van der Waals surface area contributed by atoms with Gasteiger partial charge >= 0.3 is 6.18 Å². The van der Waals surface area contributed by atoms with Gasteiger partial charge in [0.2, 0.25) is 0 Å². The van der Waals surface area contributed by atoms with Gasteiger partial charge in [-0.25, -0.2) is 4.98 Å². The molecule has 1 fully saturated rings. The van der Waals surface area contributed by atoms with Crippen LogP contribution in [0, 0.1) is 13.8 Å². The number of halogens is 3. The van der Waals surface area contributed by atoms with Gasteiger partial charge in [-0.15, -0.1) is 0 Å². The maximum atomic E-state index is 12.7.